The third-order valence-corrected chi connectivity index (χ3v) is 3.62. The van der Waals surface area contributed by atoms with E-state index in [1.54, 1.807) is 24.3 Å². The van der Waals surface area contributed by atoms with Crippen LogP contribution >= 0.6 is 0 Å². The second kappa shape index (κ2) is 6.88. The Labute approximate surface area is 139 Å². The third-order valence-electron chi connectivity index (χ3n) is 3.62. The van der Waals surface area contributed by atoms with Crippen molar-refractivity contribution in [3.63, 3.8) is 0 Å². The minimum Gasteiger partial charge on any atom is -0.465 e. The van der Waals surface area contributed by atoms with E-state index in [1.807, 2.05) is 24.3 Å². The molecule has 2 aromatic carbocycles. The van der Waals surface area contributed by atoms with Crippen molar-refractivity contribution in [2.24, 2.45) is 0 Å². The van der Waals surface area contributed by atoms with Gasteiger partial charge in [-0.25, -0.2) is 9.59 Å². The second-order valence-electron chi connectivity index (χ2n) is 5.24. The molecule has 1 amide bonds. The van der Waals surface area contributed by atoms with Gasteiger partial charge in [0.25, 0.3) is 0 Å². The van der Waals surface area contributed by atoms with E-state index in [4.69, 9.17) is 4.74 Å². The number of rotatable bonds is 2. The number of nitrogens with one attached hydrogen (secondary N) is 1. The number of alkyl carbamates (subject to hydrolysis) is 1. The highest BCUT2D eigenvalue weighted by molar-refractivity contribution is 5.89. The quantitative estimate of drug-likeness (QED) is 0.682. The average molecular weight is 321 g/mol. The molecule has 0 aromatic heterocycles. The van der Waals surface area contributed by atoms with Crippen LogP contribution in [-0.4, -0.2) is 25.8 Å². The SMILES string of the molecule is COC(=O)c1ccc(C#Cc2cccc([C@@H]3COC(=O)N3)c2)cc1. The Morgan fingerprint density at radius 2 is 1.92 bits per heavy atom. The molecule has 0 aliphatic carbocycles. The summed E-state index contributed by atoms with van der Waals surface area (Å²) in [4.78, 5) is 22.5. The number of ether oxygens (including phenoxy) is 2. The van der Waals surface area contributed by atoms with Gasteiger partial charge in [0, 0.05) is 11.1 Å². The molecule has 0 bridgehead atoms. The van der Waals surface area contributed by atoms with Gasteiger partial charge in [0.15, 0.2) is 0 Å². The zero-order valence-electron chi connectivity index (χ0n) is 13.0. The third kappa shape index (κ3) is 3.55. The summed E-state index contributed by atoms with van der Waals surface area (Å²) in [5, 5.41) is 2.74. The number of hydrogen-bond acceptors (Lipinski definition) is 4. The summed E-state index contributed by atoms with van der Waals surface area (Å²) in [7, 11) is 1.35. The highest BCUT2D eigenvalue weighted by Gasteiger charge is 2.23. The zero-order valence-corrected chi connectivity index (χ0v) is 13.0. The summed E-state index contributed by atoms with van der Waals surface area (Å²) >= 11 is 0. The maximum absolute atomic E-state index is 11.4. The van der Waals surface area contributed by atoms with Gasteiger partial charge >= 0.3 is 12.1 Å². The number of benzene rings is 2. The van der Waals surface area contributed by atoms with E-state index in [0.29, 0.717) is 12.2 Å². The summed E-state index contributed by atoms with van der Waals surface area (Å²) in [6, 6.07) is 14.4. The van der Waals surface area contributed by atoms with Crippen molar-refractivity contribution in [3.05, 3.63) is 70.8 Å². The van der Waals surface area contributed by atoms with E-state index < -0.39 is 6.09 Å². The van der Waals surface area contributed by atoms with E-state index in [9.17, 15) is 9.59 Å². The lowest BCUT2D eigenvalue weighted by Gasteiger charge is -2.07. The molecule has 2 aromatic rings. The predicted molar refractivity (Wildman–Crippen MR) is 87.4 cm³/mol. The van der Waals surface area contributed by atoms with Gasteiger partial charge in [-0.1, -0.05) is 24.0 Å². The van der Waals surface area contributed by atoms with Gasteiger partial charge in [-0.15, -0.1) is 0 Å². The maximum atomic E-state index is 11.4. The molecule has 3 rings (SSSR count). The molecule has 5 heteroatoms. The molecule has 0 saturated carbocycles. The fraction of sp³-hybridized carbons (Fsp3) is 0.158. The number of carbonyl (C=O) groups is 2. The summed E-state index contributed by atoms with van der Waals surface area (Å²) < 4.78 is 9.56. The number of esters is 1. The Bertz CT molecular complexity index is 830. The fourth-order valence-corrected chi connectivity index (χ4v) is 2.35. The molecule has 0 unspecified atom stereocenters. The largest absolute Gasteiger partial charge is 0.465 e. The molecule has 1 N–H and O–H groups in total. The number of cyclic esters (lactones) is 1. The monoisotopic (exact) mass is 321 g/mol. The van der Waals surface area contributed by atoms with Gasteiger partial charge in [0.1, 0.15) is 6.61 Å². The Morgan fingerprint density at radius 1 is 1.17 bits per heavy atom. The average Bonchev–Trinajstić information content (AvgIpc) is 3.06. The van der Waals surface area contributed by atoms with Crippen LogP contribution in [0.2, 0.25) is 0 Å². The number of carbonyl (C=O) groups excluding carboxylic acids is 2. The van der Waals surface area contributed by atoms with Crippen molar-refractivity contribution in [2.75, 3.05) is 13.7 Å². The molecule has 1 atom stereocenters. The topological polar surface area (TPSA) is 64.6 Å². The molecular formula is C19H15NO4. The minimum atomic E-state index is -0.401. The van der Waals surface area contributed by atoms with Crippen molar-refractivity contribution >= 4 is 12.1 Å². The van der Waals surface area contributed by atoms with Gasteiger partial charge in [0.2, 0.25) is 0 Å². The highest BCUT2D eigenvalue weighted by atomic mass is 16.6. The maximum Gasteiger partial charge on any atom is 0.407 e. The van der Waals surface area contributed by atoms with Crippen molar-refractivity contribution < 1.29 is 19.1 Å². The first-order chi connectivity index (χ1) is 11.7. The van der Waals surface area contributed by atoms with Crippen molar-refractivity contribution in [1.82, 2.24) is 5.32 Å². The Kier molecular flexibility index (Phi) is 4.48. The van der Waals surface area contributed by atoms with Gasteiger partial charge in [-0.05, 0) is 42.0 Å². The molecule has 0 spiro atoms. The van der Waals surface area contributed by atoms with Gasteiger partial charge in [-0.2, -0.15) is 0 Å². The zero-order chi connectivity index (χ0) is 16.9. The van der Waals surface area contributed by atoms with Crippen LogP contribution in [0.15, 0.2) is 48.5 Å². The Balaban J connectivity index is 1.76. The Hall–Kier alpha value is -3.26. The molecule has 120 valence electrons. The van der Waals surface area contributed by atoms with Gasteiger partial charge < -0.3 is 14.8 Å². The first kappa shape index (κ1) is 15.6. The standard InChI is InChI=1S/C19H15NO4/c1-23-18(21)15-9-7-13(8-10-15)5-6-14-3-2-4-16(11-14)17-12-24-19(22)20-17/h2-4,7-11,17H,12H2,1H3,(H,20,22)/t17-/m0/s1. The molecule has 0 radical (unpaired) electrons. The van der Waals surface area contributed by atoms with E-state index in [2.05, 4.69) is 21.9 Å². The Morgan fingerprint density at radius 3 is 2.58 bits per heavy atom. The molecule has 1 aliphatic heterocycles. The van der Waals surface area contributed by atoms with E-state index >= 15 is 0 Å². The predicted octanol–water partition coefficient (Wildman–Crippen LogP) is 2.65. The fourth-order valence-electron chi connectivity index (χ4n) is 2.35. The van der Waals surface area contributed by atoms with Crippen LogP contribution in [0.25, 0.3) is 0 Å². The van der Waals surface area contributed by atoms with Crippen LogP contribution in [0.1, 0.15) is 33.1 Å². The van der Waals surface area contributed by atoms with Crippen LogP contribution in [0.3, 0.4) is 0 Å². The van der Waals surface area contributed by atoms with Crippen LogP contribution < -0.4 is 5.32 Å². The molecule has 1 saturated heterocycles. The van der Waals surface area contributed by atoms with Crippen LogP contribution in [0, 0.1) is 11.8 Å². The molecule has 1 aliphatic rings. The summed E-state index contributed by atoms with van der Waals surface area (Å²) in [5.74, 6) is 5.76. The van der Waals surface area contributed by atoms with Crippen molar-refractivity contribution in [3.8, 4) is 11.8 Å². The van der Waals surface area contributed by atoms with Crippen molar-refractivity contribution in [2.45, 2.75) is 6.04 Å². The normalized spacial score (nSPS) is 15.7. The number of methoxy groups -OCH3 is 1. The van der Waals surface area contributed by atoms with E-state index in [1.165, 1.54) is 7.11 Å². The van der Waals surface area contributed by atoms with Gasteiger partial charge in [-0.3, -0.25) is 0 Å². The molecule has 1 fully saturated rings. The lowest BCUT2D eigenvalue weighted by molar-refractivity contribution is 0.0600. The first-order valence-electron chi connectivity index (χ1n) is 7.39. The van der Waals surface area contributed by atoms with Crippen LogP contribution in [0.5, 0.6) is 0 Å². The van der Waals surface area contributed by atoms with Crippen LogP contribution in [0.4, 0.5) is 4.79 Å². The summed E-state index contributed by atoms with van der Waals surface area (Å²) in [5.41, 5.74) is 3.08. The lowest BCUT2D eigenvalue weighted by Crippen LogP contribution is -2.18. The number of hydrogen-bond donors (Lipinski definition) is 1. The van der Waals surface area contributed by atoms with Gasteiger partial charge in [0.05, 0.1) is 18.7 Å². The summed E-state index contributed by atoms with van der Waals surface area (Å²) in [6.07, 6.45) is -0.401. The smallest absolute Gasteiger partial charge is 0.407 e. The number of amides is 1. The van der Waals surface area contributed by atoms with E-state index in [0.717, 1.165) is 16.7 Å². The molecule has 1 heterocycles. The molecular weight excluding hydrogens is 306 g/mol. The summed E-state index contributed by atoms with van der Waals surface area (Å²) in [6.45, 7) is 0.324. The highest BCUT2D eigenvalue weighted by Crippen LogP contribution is 2.18. The second-order valence-corrected chi connectivity index (χ2v) is 5.24. The lowest BCUT2D eigenvalue weighted by atomic mass is 10.0. The van der Waals surface area contributed by atoms with Crippen LogP contribution in [-0.2, 0) is 9.47 Å². The van der Waals surface area contributed by atoms with Crippen molar-refractivity contribution in [1.29, 1.82) is 0 Å². The van der Waals surface area contributed by atoms with E-state index in [-0.39, 0.29) is 12.0 Å². The minimum absolute atomic E-state index is 0.140. The first-order valence-corrected chi connectivity index (χ1v) is 7.39. The molecule has 5 nitrogen and oxygen atoms in total. The molecule has 24 heavy (non-hydrogen) atoms.